The zero-order chi connectivity index (χ0) is 4.28. The van der Waals surface area contributed by atoms with E-state index in [1.165, 1.54) is 0 Å². The first kappa shape index (κ1) is 5.22. The lowest BCUT2D eigenvalue weighted by atomic mass is 10.6. The van der Waals surface area contributed by atoms with E-state index in [-0.39, 0.29) is 0 Å². The second kappa shape index (κ2) is 2.46. The van der Waals surface area contributed by atoms with E-state index in [2.05, 4.69) is 13.8 Å². The van der Waals surface area contributed by atoms with Gasteiger partial charge in [0.1, 0.15) is 0 Å². The molecule has 1 heteroatoms. The maximum atomic E-state index is 5.14. The Morgan fingerprint density at radius 2 is 1.80 bits per heavy atom. The van der Waals surface area contributed by atoms with Crippen LogP contribution >= 0.6 is 11.4 Å². The van der Waals surface area contributed by atoms with Crippen molar-refractivity contribution in [1.29, 1.82) is 0 Å². The van der Waals surface area contributed by atoms with Gasteiger partial charge in [0.25, 0.3) is 0 Å². The number of hydrogen-bond acceptors (Lipinski definition) is 0. The largest absolute Gasteiger partial charge is 0.197 e. The molecule has 0 aliphatic heterocycles. The summed E-state index contributed by atoms with van der Waals surface area (Å²) in [5.41, 5.74) is 0. The molecule has 0 saturated carbocycles. The monoisotopic (exact) mass is 89.0 g/mol. The van der Waals surface area contributed by atoms with Crippen LogP contribution < -0.4 is 0 Å². The Morgan fingerprint density at radius 1 is 1.60 bits per heavy atom. The van der Waals surface area contributed by atoms with E-state index in [9.17, 15) is 0 Å². The molecular formula is C4H9S. The summed E-state index contributed by atoms with van der Waals surface area (Å²) >= 11 is 0.997. The molecule has 0 aliphatic carbocycles. The van der Waals surface area contributed by atoms with Gasteiger partial charge in [-0.05, 0) is 11.1 Å². The highest BCUT2D eigenvalue weighted by Gasteiger charge is 1.73. The first-order valence-electron chi connectivity index (χ1n) is 1.67. The van der Waals surface area contributed by atoms with Crippen LogP contribution in [0.2, 0.25) is 0 Å². The zero-order valence-electron chi connectivity index (χ0n) is 3.60. The molecule has 0 heterocycles. The molecule has 0 saturated heterocycles. The molecule has 0 aromatic rings. The molecule has 1 radical (unpaired) electrons. The van der Waals surface area contributed by atoms with Gasteiger partial charge in [0.2, 0.25) is 0 Å². The molecule has 0 nitrogen and oxygen atoms in total. The van der Waals surface area contributed by atoms with Gasteiger partial charge in [-0.15, -0.1) is 0 Å². The van der Waals surface area contributed by atoms with Gasteiger partial charge in [-0.2, -0.15) is 11.4 Å². The van der Waals surface area contributed by atoms with E-state index >= 15 is 0 Å². The summed E-state index contributed by atoms with van der Waals surface area (Å²) in [6, 6.07) is 0. The van der Waals surface area contributed by atoms with Crippen LogP contribution in [0, 0.1) is 0 Å². The lowest BCUT2D eigenvalue weighted by molar-refractivity contribution is 1.12. The van der Waals surface area contributed by atoms with E-state index in [0.717, 1.165) is 11.4 Å². The van der Waals surface area contributed by atoms with Gasteiger partial charge in [0, 0.05) is 0 Å². The third kappa shape index (κ3) is 4.22. The van der Waals surface area contributed by atoms with Crippen molar-refractivity contribution >= 4 is 17.2 Å². The van der Waals surface area contributed by atoms with Gasteiger partial charge in [0.05, 0.1) is 0 Å². The third-order valence-electron chi connectivity index (χ3n) is 0.298. The molecule has 0 amide bonds. The van der Waals surface area contributed by atoms with Crippen molar-refractivity contribution in [2.24, 2.45) is 0 Å². The second-order valence-electron chi connectivity index (χ2n) is 1.24. The number of hydrogen-bond donors (Lipinski definition) is 1. The van der Waals surface area contributed by atoms with Crippen molar-refractivity contribution in [3.05, 3.63) is 0 Å². The average Bonchev–Trinajstić information content (AvgIpc) is 1.38. The van der Waals surface area contributed by atoms with Crippen molar-refractivity contribution in [2.45, 2.75) is 19.1 Å². The fraction of sp³-hybridized carbons (Fsp3) is 0.750. The number of thiol groups is 1. The van der Waals surface area contributed by atoms with Crippen LogP contribution in [-0.2, 0) is 0 Å². The van der Waals surface area contributed by atoms with Crippen LogP contribution in [0.3, 0.4) is 0 Å². The van der Waals surface area contributed by atoms with Crippen LogP contribution in [0.25, 0.3) is 0 Å². The molecular weight excluding hydrogens is 80.1 g/mol. The lowest BCUT2D eigenvalue weighted by Gasteiger charge is -1.85. The third-order valence-corrected chi connectivity index (χ3v) is 0.894. The molecule has 0 aromatic heterocycles. The van der Waals surface area contributed by atoms with Crippen LogP contribution in [0.5, 0.6) is 0 Å². The SMILES string of the molecule is [CH]=[SH]C(C)C. The van der Waals surface area contributed by atoms with E-state index in [1.54, 1.807) is 0 Å². The molecule has 31 valence electrons. The normalized spacial score (nSPS) is 9.40. The molecule has 0 aromatic carbocycles. The molecule has 0 unspecified atom stereocenters. The smallest absolute Gasteiger partial charge is 0.00870 e. The molecule has 0 spiro atoms. The van der Waals surface area contributed by atoms with Gasteiger partial charge >= 0.3 is 0 Å². The van der Waals surface area contributed by atoms with Crippen LogP contribution in [0.1, 0.15) is 13.8 Å². The minimum absolute atomic E-state index is 0.634. The van der Waals surface area contributed by atoms with E-state index < -0.39 is 0 Å². The summed E-state index contributed by atoms with van der Waals surface area (Å²) in [7, 11) is 0. The van der Waals surface area contributed by atoms with Crippen molar-refractivity contribution in [3.63, 3.8) is 0 Å². The Balaban J connectivity index is 2.83. The topological polar surface area (TPSA) is 0 Å². The Hall–Kier alpha value is 0.220. The molecule has 0 fully saturated rings. The second-order valence-corrected chi connectivity index (χ2v) is 2.57. The summed E-state index contributed by atoms with van der Waals surface area (Å²) in [4.78, 5) is 0. The Morgan fingerprint density at radius 3 is 1.80 bits per heavy atom. The summed E-state index contributed by atoms with van der Waals surface area (Å²) in [6.07, 6.45) is 0. The van der Waals surface area contributed by atoms with Crippen molar-refractivity contribution in [1.82, 2.24) is 0 Å². The Kier molecular flexibility index (Phi) is 2.57. The number of rotatable bonds is 1. The highest BCUT2D eigenvalue weighted by atomic mass is 32.1. The first-order chi connectivity index (χ1) is 2.27. The summed E-state index contributed by atoms with van der Waals surface area (Å²) in [5.74, 6) is 5.14. The molecule has 0 aliphatic rings. The average molecular weight is 89.2 g/mol. The summed E-state index contributed by atoms with van der Waals surface area (Å²) in [6.45, 7) is 4.17. The first-order valence-corrected chi connectivity index (χ1v) is 2.70. The molecule has 5 heavy (non-hydrogen) atoms. The highest BCUT2D eigenvalue weighted by Crippen LogP contribution is 1.91. The predicted molar refractivity (Wildman–Crippen MR) is 30.2 cm³/mol. The van der Waals surface area contributed by atoms with Crippen molar-refractivity contribution in [2.75, 3.05) is 0 Å². The van der Waals surface area contributed by atoms with Crippen molar-refractivity contribution < 1.29 is 0 Å². The molecule has 0 N–H and O–H groups in total. The van der Waals surface area contributed by atoms with Gasteiger partial charge in [0.15, 0.2) is 0 Å². The predicted octanol–water partition coefficient (Wildman–Crippen LogP) is 1.17. The minimum Gasteiger partial charge on any atom is -0.197 e. The zero-order valence-corrected chi connectivity index (χ0v) is 4.50. The minimum atomic E-state index is 0.634. The maximum absolute atomic E-state index is 5.14. The standard InChI is InChI=1S/C4H9S/c1-4(2)5-3/h3-5H,1-2H3. The fourth-order valence-electron chi connectivity index (χ4n) is 0. The van der Waals surface area contributed by atoms with Gasteiger partial charge in [-0.25, -0.2) is 0 Å². The Labute approximate surface area is 37.2 Å². The van der Waals surface area contributed by atoms with E-state index in [1.807, 2.05) is 0 Å². The van der Waals surface area contributed by atoms with Gasteiger partial charge in [-0.3, -0.25) is 0 Å². The molecule has 0 rings (SSSR count). The highest BCUT2D eigenvalue weighted by molar-refractivity contribution is 7.97. The van der Waals surface area contributed by atoms with Gasteiger partial charge < -0.3 is 0 Å². The van der Waals surface area contributed by atoms with Crippen LogP contribution in [0.15, 0.2) is 0 Å². The van der Waals surface area contributed by atoms with Crippen LogP contribution in [0.4, 0.5) is 0 Å². The van der Waals surface area contributed by atoms with Crippen molar-refractivity contribution in [3.8, 4) is 0 Å². The Bertz CT molecular complexity index is 30.6. The molecule has 0 bridgehead atoms. The molecule has 0 atom stereocenters. The van der Waals surface area contributed by atoms with Gasteiger partial charge in [-0.1, -0.05) is 13.8 Å². The van der Waals surface area contributed by atoms with Crippen LogP contribution in [-0.4, -0.2) is 11.1 Å². The lowest BCUT2D eigenvalue weighted by Crippen LogP contribution is -1.75. The fourth-order valence-corrected chi connectivity index (χ4v) is 0. The quantitative estimate of drug-likeness (QED) is 0.362. The summed E-state index contributed by atoms with van der Waals surface area (Å²) in [5, 5.41) is 0.634. The van der Waals surface area contributed by atoms with E-state index in [4.69, 9.17) is 5.87 Å². The summed E-state index contributed by atoms with van der Waals surface area (Å²) < 4.78 is 0. The van der Waals surface area contributed by atoms with E-state index in [0.29, 0.717) is 5.25 Å². The maximum Gasteiger partial charge on any atom is -0.00870 e.